The minimum absolute atomic E-state index is 0.116. The molecule has 3 nitrogen and oxygen atoms in total. The lowest BCUT2D eigenvalue weighted by atomic mass is 9.82. The van der Waals surface area contributed by atoms with Gasteiger partial charge in [0.05, 0.1) is 6.10 Å². The lowest BCUT2D eigenvalue weighted by Crippen LogP contribution is -2.39. The van der Waals surface area contributed by atoms with Gasteiger partial charge in [0.2, 0.25) is 5.91 Å². The van der Waals surface area contributed by atoms with Crippen LogP contribution in [0, 0.1) is 17.3 Å². The zero-order valence-electron chi connectivity index (χ0n) is 8.92. The van der Waals surface area contributed by atoms with Crippen molar-refractivity contribution < 1.29 is 9.90 Å². The second-order valence-electron chi connectivity index (χ2n) is 5.48. The van der Waals surface area contributed by atoms with Crippen LogP contribution in [-0.2, 0) is 4.79 Å². The summed E-state index contributed by atoms with van der Waals surface area (Å²) < 4.78 is 0. The van der Waals surface area contributed by atoms with Gasteiger partial charge in [-0.15, -0.1) is 0 Å². The van der Waals surface area contributed by atoms with Crippen LogP contribution >= 0.6 is 0 Å². The molecule has 2 aliphatic rings. The Bertz CT molecular complexity index is 244. The van der Waals surface area contributed by atoms with Gasteiger partial charge >= 0.3 is 0 Å². The van der Waals surface area contributed by atoms with Crippen molar-refractivity contribution in [2.75, 3.05) is 6.54 Å². The number of rotatable bonds is 3. The smallest absolute Gasteiger partial charge is 0.223 e. The molecule has 80 valence electrons. The summed E-state index contributed by atoms with van der Waals surface area (Å²) in [6, 6.07) is 0. The van der Waals surface area contributed by atoms with Crippen LogP contribution in [0.1, 0.15) is 33.1 Å². The maximum atomic E-state index is 11.6. The maximum absolute atomic E-state index is 11.6. The highest BCUT2D eigenvalue weighted by Gasteiger charge is 2.50. The molecule has 0 aliphatic heterocycles. The van der Waals surface area contributed by atoms with Gasteiger partial charge in [-0.05, 0) is 30.6 Å². The van der Waals surface area contributed by atoms with Crippen molar-refractivity contribution in [3.63, 3.8) is 0 Å². The molecular formula is C11H19NO2. The van der Waals surface area contributed by atoms with Crippen LogP contribution in [0.3, 0.4) is 0 Å². The summed E-state index contributed by atoms with van der Waals surface area (Å²) in [4.78, 5) is 11.6. The Morgan fingerprint density at radius 3 is 2.50 bits per heavy atom. The SMILES string of the molecule is CC1(C)CC1C(=O)NCC1CC(O)C1. The van der Waals surface area contributed by atoms with Crippen LogP contribution in [0.15, 0.2) is 0 Å². The normalized spacial score (nSPS) is 38.6. The van der Waals surface area contributed by atoms with Crippen LogP contribution in [0.5, 0.6) is 0 Å². The lowest BCUT2D eigenvalue weighted by molar-refractivity contribution is -0.123. The number of hydrogen-bond donors (Lipinski definition) is 2. The number of amides is 1. The molecule has 2 N–H and O–H groups in total. The molecule has 0 spiro atoms. The van der Waals surface area contributed by atoms with Gasteiger partial charge in [-0.1, -0.05) is 13.8 Å². The first-order valence-electron chi connectivity index (χ1n) is 5.45. The molecule has 0 aromatic carbocycles. The van der Waals surface area contributed by atoms with E-state index in [1.807, 2.05) is 0 Å². The summed E-state index contributed by atoms with van der Waals surface area (Å²) in [5, 5.41) is 12.0. The number of hydrogen-bond acceptors (Lipinski definition) is 2. The van der Waals surface area contributed by atoms with Crippen molar-refractivity contribution in [3.8, 4) is 0 Å². The summed E-state index contributed by atoms with van der Waals surface area (Å²) in [7, 11) is 0. The highest BCUT2D eigenvalue weighted by Crippen LogP contribution is 2.51. The standard InChI is InChI=1S/C11H19NO2/c1-11(2)5-9(11)10(14)12-6-7-3-8(13)4-7/h7-9,13H,3-6H2,1-2H3,(H,12,14). The molecule has 2 fully saturated rings. The van der Waals surface area contributed by atoms with Gasteiger partial charge < -0.3 is 10.4 Å². The van der Waals surface area contributed by atoms with Crippen LogP contribution in [0.4, 0.5) is 0 Å². The third-order valence-electron chi connectivity index (χ3n) is 3.61. The van der Waals surface area contributed by atoms with Crippen LogP contribution in [0.2, 0.25) is 0 Å². The zero-order chi connectivity index (χ0) is 10.3. The van der Waals surface area contributed by atoms with Gasteiger partial charge in [-0.25, -0.2) is 0 Å². The Balaban J connectivity index is 1.65. The summed E-state index contributed by atoms with van der Waals surface area (Å²) >= 11 is 0. The Hall–Kier alpha value is -0.570. The molecule has 0 aromatic rings. The lowest BCUT2D eigenvalue weighted by Gasteiger charge is -2.31. The monoisotopic (exact) mass is 197 g/mol. The molecule has 2 rings (SSSR count). The van der Waals surface area contributed by atoms with E-state index in [-0.39, 0.29) is 23.3 Å². The van der Waals surface area contributed by atoms with E-state index in [2.05, 4.69) is 19.2 Å². The van der Waals surface area contributed by atoms with Crippen molar-refractivity contribution in [2.45, 2.75) is 39.2 Å². The predicted molar refractivity (Wildman–Crippen MR) is 53.6 cm³/mol. The van der Waals surface area contributed by atoms with E-state index in [1.165, 1.54) is 0 Å². The van der Waals surface area contributed by atoms with E-state index in [0.29, 0.717) is 5.92 Å². The number of aliphatic hydroxyl groups is 1. The molecule has 3 heteroatoms. The number of aliphatic hydroxyl groups excluding tert-OH is 1. The van der Waals surface area contributed by atoms with E-state index >= 15 is 0 Å². The fraction of sp³-hybridized carbons (Fsp3) is 0.909. The number of nitrogens with one attached hydrogen (secondary N) is 1. The van der Waals surface area contributed by atoms with Gasteiger partial charge in [-0.3, -0.25) is 4.79 Å². The first kappa shape index (κ1) is 9.97. The number of carbonyl (C=O) groups excluding carboxylic acids is 1. The second kappa shape index (κ2) is 3.23. The Kier molecular flexibility index (Phi) is 2.30. The summed E-state index contributed by atoms with van der Waals surface area (Å²) in [6.07, 6.45) is 2.61. The van der Waals surface area contributed by atoms with Crippen molar-refractivity contribution in [2.24, 2.45) is 17.3 Å². The Morgan fingerprint density at radius 1 is 1.50 bits per heavy atom. The second-order valence-corrected chi connectivity index (χ2v) is 5.48. The molecule has 14 heavy (non-hydrogen) atoms. The van der Waals surface area contributed by atoms with E-state index in [0.717, 1.165) is 25.8 Å². The van der Waals surface area contributed by atoms with Gasteiger partial charge in [0, 0.05) is 12.5 Å². The summed E-state index contributed by atoms with van der Waals surface area (Å²) in [6.45, 7) is 5.01. The van der Waals surface area contributed by atoms with Gasteiger partial charge in [0.25, 0.3) is 0 Å². The third kappa shape index (κ3) is 1.92. The highest BCUT2D eigenvalue weighted by molar-refractivity contribution is 5.82. The largest absolute Gasteiger partial charge is 0.393 e. The molecule has 1 amide bonds. The van der Waals surface area contributed by atoms with Gasteiger partial charge in [0.1, 0.15) is 0 Å². The van der Waals surface area contributed by atoms with Crippen molar-refractivity contribution in [3.05, 3.63) is 0 Å². The van der Waals surface area contributed by atoms with E-state index < -0.39 is 0 Å². The molecule has 2 saturated carbocycles. The zero-order valence-corrected chi connectivity index (χ0v) is 8.92. The topological polar surface area (TPSA) is 49.3 Å². The van der Waals surface area contributed by atoms with E-state index in [9.17, 15) is 4.79 Å². The van der Waals surface area contributed by atoms with E-state index in [1.54, 1.807) is 0 Å². The maximum Gasteiger partial charge on any atom is 0.223 e. The quantitative estimate of drug-likeness (QED) is 0.707. The summed E-state index contributed by atoms with van der Waals surface area (Å²) in [5.41, 5.74) is 0.225. The van der Waals surface area contributed by atoms with Gasteiger partial charge in [0.15, 0.2) is 0 Å². The Morgan fingerprint density at radius 2 is 2.07 bits per heavy atom. The third-order valence-corrected chi connectivity index (χ3v) is 3.61. The summed E-state index contributed by atoms with van der Waals surface area (Å²) in [5.74, 6) is 0.944. The minimum Gasteiger partial charge on any atom is -0.393 e. The number of carbonyl (C=O) groups is 1. The van der Waals surface area contributed by atoms with Crippen LogP contribution in [0.25, 0.3) is 0 Å². The molecule has 1 unspecified atom stereocenters. The van der Waals surface area contributed by atoms with Crippen molar-refractivity contribution in [1.82, 2.24) is 5.32 Å². The molecule has 0 bridgehead atoms. The van der Waals surface area contributed by atoms with Crippen LogP contribution in [-0.4, -0.2) is 23.7 Å². The van der Waals surface area contributed by atoms with Crippen LogP contribution < -0.4 is 5.32 Å². The average molecular weight is 197 g/mol. The first-order valence-corrected chi connectivity index (χ1v) is 5.45. The predicted octanol–water partition coefficient (Wildman–Crippen LogP) is 0.920. The van der Waals surface area contributed by atoms with Crippen molar-refractivity contribution in [1.29, 1.82) is 0 Å². The average Bonchev–Trinajstić information content (AvgIpc) is 2.66. The molecule has 0 saturated heterocycles. The van der Waals surface area contributed by atoms with Gasteiger partial charge in [-0.2, -0.15) is 0 Å². The molecular weight excluding hydrogens is 178 g/mol. The Labute approximate surface area is 84.9 Å². The highest BCUT2D eigenvalue weighted by atomic mass is 16.3. The molecule has 0 heterocycles. The van der Waals surface area contributed by atoms with E-state index in [4.69, 9.17) is 5.11 Å². The molecule has 0 radical (unpaired) electrons. The molecule has 1 atom stereocenters. The molecule has 0 aromatic heterocycles. The molecule has 2 aliphatic carbocycles. The first-order chi connectivity index (χ1) is 6.49. The van der Waals surface area contributed by atoms with Crippen molar-refractivity contribution >= 4 is 5.91 Å². The fourth-order valence-corrected chi connectivity index (χ4v) is 2.15. The fourth-order valence-electron chi connectivity index (χ4n) is 2.15. The minimum atomic E-state index is -0.116.